The summed E-state index contributed by atoms with van der Waals surface area (Å²) < 4.78 is 16.8. The first-order valence-electron chi connectivity index (χ1n) is 25.8. The van der Waals surface area contributed by atoms with Gasteiger partial charge in [-0.15, -0.1) is 0 Å². The third kappa shape index (κ3) is 44.0. The summed E-state index contributed by atoms with van der Waals surface area (Å²) in [6.45, 7) is 11.4. The Morgan fingerprint density at radius 3 is 0.983 bits per heavy atom. The molecule has 0 amide bonds. The zero-order chi connectivity index (χ0) is 42.6. The maximum Gasteiger partial charge on any atom is 0.306 e. The summed E-state index contributed by atoms with van der Waals surface area (Å²) in [7, 11) is 0. The lowest BCUT2D eigenvalue weighted by Gasteiger charge is -2.18. The van der Waals surface area contributed by atoms with E-state index in [-0.39, 0.29) is 31.1 Å². The van der Waals surface area contributed by atoms with Gasteiger partial charge in [0.15, 0.2) is 6.10 Å². The van der Waals surface area contributed by atoms with Gasteiger partial charge in [0, 0.05) is 19.3 Å². The fraction of sp³-hybridized carbons (Fsp3) is 0.942. The van der Waals surface area contributed by atoms with Crippen LogP contribution in [-0.4, -0.2) is 37.2 Å². The van der Waals surface area contributed by atoms with E-state index in [2.05, 4.69) is 34.6 Å². The van der Waals surface area contributed by atoms with Crippen molar-refractivity contribution in [2.75, 3.05) is 13.2 Å². The van der Waals surface area contributed by atoms with E-state index in [0.29, 0.717) is 19.3 Å². The Morgan fingerprint density at radius 2 is 0.655 bits per heavy atom. The van der Waals surface area contributed by atoms with Crippen LogP contribution in [0.15, 0.2) is 0 Å². The maximum atomic E-state index is 12.8. The van der Waals surface area contributed by atoms with E-state index in [1.54, 1.807) is 0 Å². The average Bonchev–Trinajstić information content (AvgIpc) is 3.21. The Morgan fingerprint density at radius 1 is 0.362 bits per heavy atom. The Labute approximate surface area is 361 Å². The number of rotatable bonds is 46. The van der Waals surface area contributed by atoms with E-state index in [1.807, 2.05) is 0 Å². The first kappa shape index (κ1) is 56.4. The second kappa shape index (κ2) is 44.9. The van der Waals surface area contributed by atoms with Crippen molar-refractivity contribution in [3.05, 3.63) is 0 Å². The summed E-state index contributed by atoms with van der Waals surface area (Å²) >= 11 is 0. The highest BCUT2D eigenvalue weighted by Gasteiger charge is 2.19. The van der Waals surface area contributed by atoms with Crippen molar-refractivity contribution in [2.45, 2.75) is 291 Å². The molecule has 6 nitrogen and oxygen atoms in total. The van der Waals surface area contributed by atoms with Crippen LogP contribution in [0.5, 0.6) is 0 Å². The molecular weight excluding hydrogens is 721 g/mol. The Hall–Kier alpha value is -1.59. The molecule has 0 heterocycles. The Bertz CT molecular complexity index is 887. The molecule has 58 heavy (non-hydrogen) atoms. The monoisotopic (exact) mass is 821 g/mol. The SMILES string of the molecule is CCCCCCCCCCCCCCC(=O)OC[C@@H](COC(=O)CCCCCCCCCCCCCC(C)C)OC(=O)CCCCCCCCCCCCC(C)CC. The van der Waals surface area contributed by atoms with Crippen molar-refractivity contribution < 1.29 is 28.6 Å². The summed E-state index contributed by atoms with van der Waals surface area (Å²) in [4.78, 5) is 37.9. The molecule has 0 spiro atoms. The van der Waals surface area contributed by atoms with Crippen LogP contribution in [0.2, 0.25) is 0 Å². The second-order valence-corrected chi connectivity index (χ2v) is 18.5. The summed E-state index contributed by atoms with van der Waals surface area (Å²) in [5.74, 6) is 0.845. The molecule has 0 aromatic rings. The number of unbranched alkanes of at least 4 members (excludes halogenated alkanes) is 30. The van der Waals surface area contributed by atoms with Crippen LogP contribution < -0.4 is 0 Å². The number of hydrogen-bond acceptors (Lipinski definition) is 6. The van der Waals surface area contributed by atoms with Gasteiger partial charge in [-0.3, -0.25) is 14.4 Å². The highest BCUT2D eigenvalue weighted by Crippen LogP contribution is 2.18. The molecule has 0 saturated heterocycles. The summed E-state index contributed by atoms with van der Waals surface area (Å²) in [5.41, 5.74) is 0. The molecule has 0 aliphatic carbocycles. The van der Waals surface area contributed by atoms with E-state index in [9.17, 15) is 14.4 Å². The third-order valence-corrected chi connectivity index (χ3v) is 12.1. The molecule has 0 aliphatic rings. The number of ether oxygens (including phenoxy) is 3. The van der Waals surface area contributed by atoms with Crippen molar-refractivity contribution >= 4 is 17.9 Å². The molecule has 0 fully saturated rings. The second-order valence-electron chi connectivity index (χ2n) is 18.5. The molecule has 0 radical (unpaired) electrons. The normalized spacial score (nSPS) is 12.5. The average molecular weight is 821 g/mol. The van der Waals surface area contributed by atoms with Crippen LogP contribution in [0, 0.1) is 11.8 Å². The Balaban J connectivity index is 4.33. The lowest BCUT2D eigenvalue weighted by molar-refractivity contribution is -0.167. The fourth-order valence-electron chi connectivity index (χ4n) is 7.78. The summed E-state index contributed by atoms with van der Waals surface area (Å²) in [5, 5.41) is 0. The molecule has 0 rings (SSSR count). The minimum Gasteiger partial charge on any atom is -0.462 e. The van der Waals surface area contributed by atoms with Gasteiger partial charge in [-0.2, -0.15) is 0 Å². The van der Waals surface area contributed by atoms with Gasteiger partial charge in [-0.05, 0) is 31.1 Å². The number of hydrogen-bond donors (Lipinski definition) is 0. The Kier molecular flexibility index (Phi) is 43.7. The molecule has 1 unspecified atom stereocenters. The first-order valence-corrected chi connectivity index (χ1v) is 25.8. The van der Waals surface area contributed by atoms with Crippen LogP contribution in [0.3, 0.4) is 0 Å². The number of carbonyl (C=O) groups excluding carboxylic acids is 3. The van der Waals surface area contributed by atoms with E-state index in [0.717, 1.165) is 69.6 Å². The van der Waals surface area contributed by atoms with Crippen molar-refractivity contribution in [3.8, 4) is 0 Å². The molecule has 0 aromatic heterocycles. The first-order chi connectivity index (χ1) is 28.3. The van der Waals surface area contributed by atoms with Crippen LogP contribution in [0.1, 0.15) is 285 Å². The molecule has 0 aromatic carbocycles. The van der Waals surface area contributed by atoms with Gasteiger partial charge in [0.25, 0.3) is 0 Å². The molecular formula is C52H100O6. The van der Waals surface area contributed by atoms with Gasteiger partial charge >= 0.3 is 17.9 Å². The van der Waals surface area contributed by atoms with Crippen LogP contribution in [0.25, 0.3) is 0 Å². The van der Waals surface area contributed by atoms with Gasteiger partial charge in [0.1, 0.15) is 13.2 Å². The zero-order valence-electron chi connectivity index (χ0n) is 39.7. The van der Waals surface area contributed by atoms with Crippen molar-refractivity contribution in [1.82, 2.24) is 0 Å². The molecule has 2 atom stereocenters. The van der Waals surface area contributed by atoms with Gasteiger partial charge in [-0.25, -0.2) is 0 Å². The molecule has 344 valence electrons. The minimum atomic E-state index is -0.761. The largest absolute Gasteiger partial charge is 0.462 e. The van der Waals surface area contributed by atoms with Crippen LogP contribution in [-0.2, 0) is 28.6 Å². The van der Waals surface area contributed by atoms with Crippen molar-refractivity contribution in [2.24, 2.45) is 11.8 Å². The van der Waals surface area contributed by atoms with Gasteiger partial charge < -0.3 is 14.2 Å². The van der Waals surface area contributed by atoms with E-state index in [1.165, 1.54) is 173 Å². The highest BCUT2D eigenvalue weighted by molar-refractivity contribution is 5.71. The highest BCUT2D eigenvalue weighted by atomic mass is 16.6. The van der Waals surface area contributed by atoms with Gasteiger partial charge in [0.2, 0.25) is 0 Å². The minimum absolute atomic E-state index is 0.0638. The quantitative estimate of drug-likeness (QED) is 0.0346. The van der Waals surface area contributed by atoms with Gasteiger partial charge in [-0.1, -0.05) is 247 Å². The smallest absolute Gasteiger partial charge is 0.306 e. The van der Waals surface area contributed by atoms with E-state index in [4.69, 9.17) is 14.2 Å². The number of carbonyl (C=O) groups is 3. The molecule has 0 aliphatic heterocycles. The standard InChI is InChI=1S/C52H100O6/c1-6-8-9-10-11-12-13-16-22-27-32-37-42-50(53)56-45-49(58-52(55)44-39-34-29-24-19-18-21-26-31-36-41-48(5)7-2)46-57-51(54)43-38-33-28-23-17-14-15-20-25-30-35-40-47(3)4/h47-49H,6-46H2,1-5H3/t48?,49-/m0/s1. The van der Waals surface area contributed by atoms with Crippen molar-refractivity contribution in [3.63, 3.8) is 0 Å². The van der Waals surface area contributed by atoms with Crippen LogP contribution >= 0.6 is 0 Å². The molecule has 0 N–H and O–H groups in total. The predicted molar refractivity (Wildman–Crippen MR) is 247 cm³/mol. The lowest BCUT2D eigenvalue weighted by atomic mass is 9.99. The zero-order valence-corrected chi connectivity index (χ0v) is 39.7. The molecule has 0 saturated carbocycles. The summed E-state index contributed by atoms with van der Waals surface area (Å²) in [6.07, 6.45) is 45.0. The predicted octanol–water partition coefficient (Wildman–Crippen LogP) is 16.5. The fourth-order valence-corrected chi connectivity index (χ4v) is 7.78. The van der Waals surface area contributed by atoms with Crippen molar-refractivity contribution in [1.29, 1.82) is 0 Å². The molecule has 0 bridgehead atoms. The van der Waals surface area contributed by atoms with Crippen LogP contribution in [0.4, 0.5) is 0 Å². The maximum absolute atomic E-state index is 12.8. The van der Waals surface area contributed by atoms with E-state index < -0.39 is 6.10 Å². The topological polar surface area (TPSA) is 78.9 Å². The molecule has 6 heteroatoms. The summed E-state index contributed by atoms with van der Waals surface area (Å²) in [6, 6.07) is 0. The van der Waals surface area contributed by atoms with E-state index >= 15 is 0 Å². The lowest BCUT2D eigenvalue weighted by Crippen LogP contribution is -2.30. The number of esters is 3. The third-order valence-electron chi connectivity index (χ3n) is 12.1. The van der Waals surface area contributed by atoms with Gasteiger partial charge in [0.05, 0.1) is 0 Å².